The normalized spacial score (nSPS) is 34.9. The zero-order valence-corrected chi connectivity index (χ0v) is 23.1. The Morgan fingerprint density at radius 3 is 1.45 bits per heavy atom. The fourth-order valence-electron chi connectivity index (χ4n) is 7.45. The highest BCUT2D eigenvalue weighted by molar-refractivity contribution is 4.94. The summed E-state index contributed by atoms with van der Waals surface area (Å²) in [5.74, 6) is 4.34. The third-order valence-corrected chi connectivity index (χ3v) is 9.87. The van der Waals surface area contributed by atoms with Crippen molar-refractivity contribution in [2.24, 2.45) is 34.8 Å². The smallest absolute Gasteiger partial charge is 0.105 e. The second-order valence-corrected chi connectivity index (χ2v) is 12.4. The predicted octanol–water partition coefficient (Wildman–Crippen LogP) is 10.9. The second-order valence-electron chi connectivity index (χ2n) is 12.4. The Bertz CT molecular complexity index is 503. The molecule has 0 heterocycles. The third kappa shape index (κ3) is 9.29. The molecule has 0 amide bonds. The fraction of sp³-hybridized carbons (Fsp3) is 1.00. The number of nitrogens with zero attached hydrogens (tertiary/aromatic N) is 1. The van der Waals surface area contributed by atoms with E-state index < -0.39 is 0 Å². The number of hydrogen-bond acceptors (Lipinski definition) is 2. The van der Waals surface area contributed by atoms with Crippen molar-refractivity contribution in [3.8, 4) is 0 Å². The van der Waals surface area contributed by atoms with Crippen molar-refractivity contribution in [2.45, 2.75) is 168 Å². The standard InChI is InChI=1S/C31H59NO/c1-5-21-30-28-22-17-13-11-9-7-6-8-10-12-15-19-24-31(32-33,26(2)3)25-20-16-14-18-23-29(30)27(28)4/h26-30H,5-25H2,1-4H3. The topological polar surface area (TPSA) is 29.4 Å². The van der Waals surface area contributed by atoms with Gasteiger partial charge in [0.1, 0.15) is 5.54 Å². The molecule has 0 N–H and O–H groups in total. The van der Waals surface area contributed by atoms with Gasteiger partial charge in [0.05, 0.1) is 0 Å². The molecule has 0 saturated heterocycles. The van der Waals surface area contributed by atoms with E-state index in [9.17, 15) is 4.91 Å². The van der Waals surface area contributed by atoms with E-state index in [1.165, 1.54) is 122 Å². The molecule has 0 aromatic heterocycles. The van der Waals surface area contributed by atoms with Crippen LogP contribution in [0.5, 0.6) is 0 Å². The Morgan fingerprint density at radius 1 is 0.697 bits per heavy atom. The van der Waals surface area contributed by atoms with E-state index in [4.69, 9.17) is 0 Å². The highest BCUT2D eigenvalue weighted by Gasteiger charge is 2.45. The first-order valence-corrected chi connectivity index (χ1v) is 15.4. The Kier molecular flexibility index (Phi) is 14.2. The molecule has 2 bridgehead atoms. The van der Waals surface area contributed by atoms with E-state index in [2.05, 4.69) is 32.9 Å². The van der Waals surface area contributed by atoms with Crippen molar-refractivity contribution in [3.05, 3.63) is 4.91 Å². The highest BCUT2D eigenvalue weighted by Crippen LogP contribution is 2.52. The molecule has 0 aromatic carbocycles. The van der Waals surface area contributed by atoms with Crippen LogP contribution in [0.4, 0.5) is 0 Å². The van der Waals surface area contributed by atoms with Crippen molar-refractivity contribution in [2.75, 3.05) is 0 Å². The van der Waals surface area contributed by atoms with Gasteiger partial charge < -0.3 is 0 Å². The van der Waals surface area contributed by atoms with Crippen LogP contribution in [0.25, 0.3) is 0 Å². The summed E-state index contributed by atoms with van der Waals surface area (Å²) in [6, 6.07) is 0. The Morgan fingerprint density at radius 2 is 1.09 bits per heavy atom. The summed E-state index contributed by atoms with van der Waals surface area (Å²) in [4.78, 5) is 11.9. The summed E-state index contributed by atoms with van der Waals surface area (Å²) < 4.78 is 0. The number of nitroso groups, excluding NO2 is 1. The lowest BCUT2D eigenvalue weighted by molar-refractivity contribution is -0.0301. The minimum absolute atomic E-state index is 0.308. The van der Waals surface area contributed by atoms with Crippen molar-refractivity contribution < 1.29 is 0 Å². The summed E-state index contributed by atoms with van der Waals surface area (Å²) in [5.41, 5.74) is -0.308. The quantitative estimate of drug-likeness (QED) is 0.383. The molecule has 3 aliphatic rings. The van der Waals surface area contributed by atoms with E-state index in [0.29, 0.717) is 5.92 Å². The van der Waals surface area contributed by atoms with Crippen LogP contribution in [-0.2, 0) is 0 Å². The minimum atomic E-state index is -0.308. The zero-order valence-electron chi connectivity index (χ0n) is 23.1. The molecule has 3 fully saturated rings. The summed E-state index contributed by atoms with van der Waals surface area (Å²) in [5, 5.41) is 3.77. The van der Waals surface area contributed by atoms with Crippen LogP contribution in [-0.4, -0.2) is 5.54 Å². The lowest BCUT2D eigenvalue weighted by Crippen LogP contribution is -2.45. The minimum Gasteiger partial charge on any atom is -0.150 e. The van der Waals surface area contributed by atoms with E-state index >= 15 is 0 Å². The summed E-state index contributed by atoms with van der Waals surface area (Å²) >= 11 is 0. The first-order chi connectivity index (χ1) is 16.1. The molecule has 0 spiro atoms. The van der Waals surface area contributed by atoms with Crippen molar-refractivity contribution >= 4 is 0 Å². The van der Waals surface area contributed by atoms with Crippen LogP contribution in [0, 0.1) is 34.5 Å². The van der Waals surface area contributed by atoms with Gasteiger partial charge in [-0.2, -0.15) is 4.91 Å². The molecule has 3 aliphatic carbocycles. The Balaban J connectivity index is 1.87. The summed E-state index contributed by atoms with van der Waals surface area (Å²) in [6.07, 6.45) is 28.3. The van der Waals surface area contributed by atoms with Crippen LogP contribution in [0.1, 0.15) is 163 Å². The van der Waals surface area contributed by atoms with Crippen molar-refractivity contribution in [1.29, 1.82) is 0 Å². The molecule has 2 nitrogen and oxygen atoms in total. The van der Waals surface area contributed by atoms with Crippen molar-refractivity contribution in [1.82, 2.24) is 0 Å². The molecule has 0 radical (unpaired) electrons. The maximum absolute atomic E-state index is 11.9. The average molecular weight is 462 g/mol. The van der Waals surface area contributed by atoms with Gasteiger partial charge in [-0.05, 0) is 55.3 Å². The Labute approximate surface area is 207 Å². The number of fused-ring (bicyclic) bond motifs is 19. The molecular formula is C31H59NO. The van der Waals surface area contributed by atoms with E-state index in [1.54, 1.807) is 0 Å². The monoisotopic (exact) mass is 461 g/mol. The van der Waals surface area contributed by atoms with Gasteiger partial charge in [0.15, 0.2) is 0 Å². The third-order valence-electron chi connectivity index (χ3n) is 9.87. The van der Waals surface area contributed by atoms with Gasteiger partial charge in [0, 0.05) is 0 Å². The first-order valence-electron chi connectivity index (χ1n) is 15.4. The first kappa shape index (κ1) is 28.8. The van der Waals surface area contributed by atoms with E-state index in [-0.39, 0.29) is 5.54 Å². The maximum atomic E-state index is 11.9. The van der Waals surface area contributed by atoms with Gasteiger partial charge in [-0.3, -0.25) is 0 Å². The molecule has 0 aliphatic heterocycles. The van der Waals surface area contributed by atoms with Gasteiger partial charge in [-0.25, -0.2) is 0 Å². The summed E-state index contributed by atoms with van der Waals surface area (Å²) in [7, 11) is 0. The molecular weight excluding hydrogens is 402 g/mol. The van der Waals surface area contributed by atoms with Gasteiger partial charge in [-0.1, -0.05) is 142 Å². The molecule has 5 unspecified atom stereocenters. The van der Waals surface area contributed by atoms with E-state index in [1.807, 2.05) is 0 Å². The molecule has 194 valence electrons. The van der Waals surface area contributed by atoms with Gasteiger partial charge in [-0.15, -0.1) is 0 Å². The lowest BCUT2D eigenvalue weighted by Gasteiger charge is -2.52. The fourth-order valence-corrected chi connectivity index (χ4v) is 7.45. The average Bonchev–Trinajstić information content (AvgIpc) is 2.81. The molecule has 3 saturated carbocycles. The number of rotatable bonds is 4. The largest absolute Gasteiger partial charge is 0.150 e. The van der Waals surface area contributed by atoms with Crippen LogP contribution in [0.3, 0.4) is 0 Å². The van der Waals surface area contributed by atoms with Crippen LogP contribution >= 0.6 is 0 Å². The Hall–Kier alpha value is -0.400. The SMILES string of the molecule is CCCC1C2CCCCCCCCCCCCCC(N=O)(C(C)C)CCCCCCC1C2C. The van der Waals surface area contributed by atoms with Crippen molar-refractivity contribution in [3.63, 3.8) is 0 Å². The zero-order chi connectivity index (χ0) is 23.9. The van der Waals surface area contributed by atoms with Crippen LogP contribution < -0.4 is 0 Å². The second kappa shape index (κ2) is 16.3. The van der Waals surface area contributed by atoms with Gasteiger partial charge in [0.25, 0.3) is 0 Å². The van der Waals surface area contributed by atoms with Crippen LogP contribution in [0.2, 0.25) is 0 Å². The summed E-state index contributed by atoms with van der Waals surface area (Å²) in [6.45, 7) is 9.39. The maximum Gasteiger partial charge on any atom is 0.105 e. The highest BCUT2D eigenvalue weighted by atomic mass is 16.3. The number of hydrogen-bond donors (Lipinski definition) is 0. The van der Waals surface area contributed by atoms with Gasteiger partial charge in [0.2, 0.25) is 0 Å². The lowest BCUT2D eigenvalue weighted by atomic mass is 9.53. The van der Waals surface area contributed by atoms with Gasteiger partial charge >= 0.3 is 0 Å². The molecule has 5 atom stereocenters. The molecule has 2 heteroatoms. The molecule has 0 aromatic rings. The van der Waals surface area contributed by atoms with Crippen LogP contribution in [0.15, 0.2) is 5.18 Å². The molecule has 33 heavy (non-hydrogen) atoms. The molecule has 3 rings (SSSR count). The van der Waals surface area contributed by atoms with E-state index in [0.717, 1.165) is 36.5 Å². The predicted molar refractivity (Wildman–Crippen MR) is 146 cm³/mol.